The molecule has 4 fully saturated rings. The van der Waals surface area contributed by atoms with E-state index in [4.69, 9.17) is 0 Å². The fourth-order valence-electron chi connectivity index (χ4n) is 5.68. The van der Waals surface area contributed by atoms with Crippen LogP contribution < -0.4 is 4.72 Å². The first kappa shape index (κ1) is 23.8. The summed E-state index contributed by atoms with van der Waals surface area (Å²) in [6, 6.07) is -0.948. The van der Waals surface area contributed by atoms with Crippen molar-refractivity contribution in [3.05, 3.63) is 0 Å². The first-order valence-corrected chi connectivity index (χ1v) is 13.0. The van der Waals surface area contributed by atoms with Crippen LogP contribution in [-0.2, 0) is 14.8 Å². The number of urea groups is 1. The van der Waals surface area contributed by atoms with Gasteiger partial charge in [-0.1, -0.05) is 6.42 Å². The number of carbonyl (C=O) groups is 2. The van der Waals surface area contributed by atoms with Gasteiger partial charge in [0.1, 0.15) is 0 Å². The molecule has 0 aromatic rings. The minimum Gasteiger partial charge on any atom is -0.320 e. The highest BCUT2D eigenvalue weighted by Crippen LogP contribution is 2.43. The summed E-state index contributed by atoms with van der Waals surface area (Å²) in [6.07, 6.45) is -0.682. The molecule has 4 aliphatic rings. The topological polar surface area (TPSA) is 86.8 Å². The minimum atomic E-state index is -4.24. The molecule has 182 valence electrons. The highest BCUT2D eigenvalue weighted by Gasteiger charge is 2.52. The Hall–Kier alpha value is -1.36. The highest BCUT2D eigenvalue weighted by atomic mass is 32.2. The van der Waals surface area contributed by atoms with E-state index in [-0.39, 0.29) is 31.7 Å². The molecule has 3 saturated carbocycles. The van der Waals surface area contributed by atoms with E-state index < -0.39 is 56.8 Å². The molecule has 11 heteroatoms. The summed E-state index contributed by atoms with van der Waals surface area (Å²) in [5.74, 6) is -2.68. The van der Waals surface area contributed by atoms with E-state index in [2.05, 4.69) is 4.72 Å². The first-order valence-electron chi connectivity index (χ1n) is 11.5. The molecule has 5 atom stereocenters. The number of alkyl halides is 3. The quantitative estimate of drug-likeness (QED) is 0.656. The highest BCUT2D eigenvalue weighted by molar-refractivity contribution is 7.90. The number of nitrogens with one attached hydrogen (secondary N) is 1. The number of sulfonamides is 1. The molecule has 1 heterocycles. The third kappa shape index (κ3) is 4.64. The SMILES string of the molecule is CN1C(=O)C2CC(S(=O)(=O)NC3(C)CC3)CCC2N(CC2CCCC(C(F)(F)F)C2)C1=O. The zero-order chi connectivity index (χ0) is 23.5. The predicted molar refractivity (Wildman–Crippen MR) is 111 cm³/mol. The number of hydrogen-bond acceptors (Lipinski definition) is 4. The molecule has 0 aromatic heterocycles. The Morgan fingerprint density at radius 1 is 1.09 bits per heavy atom. The van der Waals surface area contributed by atoms with Crippen molar-refractivity contribution in [1.82, 2.24) is 14.5 Å². The summed E-state index contributed by atoms with van der Waals surface area (Å²) in [5, 5.41) is -0.710. The smallest absolute Gasteiger partial charge is 0.320 e. The lowest BCUT2D eigenvalue weighted by Crippen LogP contribution is -2.64. The maximum Gasteiger partial charge on any atom is 0.391 e. The van der Waals surface area contributed by atoms with Crippen LogP contribution in [0.15, 0.2) is 0 Å². The van der Waals surface area contributed by atoms with Gasteiger partial charge in [-0.05, 0) is 64.2 Å². The van der Waals surface area contributed by atoms with Gasteiger partial charge in [0, 0.05) is 25.2 Å². The second kappa shape index (κ2) is 8.14. The van der Waals surface area contributed by atoms with E-state index >= 15 is 0 Å². The molecule has 32 heavy (non-hydrogen) atoms. The molecule has 5 unspecified atom stereocenters. The van der Waals surface area contributed by atoms with E-state index in [1.165, 1.54) is 7.05 Å². The lowest BCUT2D eigenvalue weighted by atomic mass is 9.78. The van der Waals surface area contributed by atoms with Crippen LogP contribution in [0.3, 0.4) is 0 Å². The lowest BCUT2D eigenvalue weighted by Gasteiger charge is -2.48. The molecule has 0 aromatic carbocycles. The predicted octanol–water partition coefficient (Wildman–Crippen LogP) is 3.26. The first-order chi connectivity index (χ1) is 14.8. The summed E-state index contributed by atoms with van der Waals surface area (Å²) in [5.41, 5.74) is -0.402. The summed E-state index contributed by atoms with van der Waals surface area (Å²) in [4.78, 5) is 28.3. The molecule has 4 rings (SSSR count). The van der Waals surface area contributed by atoms with Crippen molar-refractivity contribution < 1.29 is 31.2 Å². The van der Waals surface area contributed by atoms with Crippen molar-refractivity contribution in [3.8, 4) is 0 Å². The summed E-state index contributed by atoms with van der Waals surface area (Å²) >= 11 is 0. The second-order valence-electron chi connectivity index (χ2n) is 10.4. The lowest BCUT2D eigenvalue weighted by molar-refractivity contribution is -0.186. The van der Waals surface area contributed by atoms with Crippen LogP contribution in [0.1, 0.15) is 64.7 Å². The van der Waals surface area contributed by atoms with Crippen molar-refractivity contribution in [3.63, 3.8) is 0 Å². The van der Waals surface area contributed by atoms with Gasteiger partial charge in [-0.15, -0.1) is 0 Å². The number of amides is 3. The van der Waals surface area contributed by atoms with Gasteiger partial charge in [-0.2, -0.15) is 13.2 Å². The maximum atomic E-state index is 13.2. The van der Waals surface area contributed by atoms with Gasteiger partial charge in [-0.25, -0.2) is 17.9 Å². The fourth-order valence-corrected chi connectivity index (χ4v) is 7.64. The number of nitrogens with zero attached hydrogens (tertiary/aromatic N) is 2. The Morgan fingerprint density at radius 2 is 1.78 bits per heavy atom. The minimum absolute atomic E-state index is 0.0121. The van der Waals surface area contributed by atoms with Crippen LogP contribution >= 0.6 is 0 Å². The van der Waals surface area contributed by atoms with Crippen molar-refractivity contribution in [2.24, 2.45) is 17.8 Å². The second-order valence-corrected chi connectivity index (χ2v) is 12.4. The molecule has 0 radical (unpaired) electrons. The molecular weight excluding hydrogens is 447 g/mol. The van der Waals surface area contributed by atoms with Gasteiger partial charge in [0.05, 0.1) is 17.1 Å². The standard InChI is InChI=1S/C21H32F3N3O4S/c1-20(8-9-20)25-32(30,31)15-6-7-17-16(11-15)18(28)26(2)19(29)27(17)12-13-4-3-5-14(10-13)21(22,23)24/h13-17,25H,3-12H2,1-2H3. The summed E-state index contributed by atoms with van der Waals surface area (Å²) in [7, 11) is -2.23. The van der Waals surface area contributed by atoms with Crippen LogP contribution in [0.2, 0.25) is 0 Å². The number of fused-ring (bicyclic) bond motifs is 1. The van der Waals surface area contributed by atoms with E-state index in [1.807, 2.05) is 6.92 Å². The number of hydrogen-bond donors (Lipinski definition) is 1. The fraction of sp³-hybridized carbons (Fsp3) is 0.905. The van der Waals surface area contributed by atoms with Gasteiger partial charge >= 0.3 is 12.2 Å². The van der Waals surface area contributed by atoms with Crippen LogP contribution in [0, 0.1) is 17.8 Å². The number of imide groups is 1. The van der Waals surface area contributed by atoms with Crippen molar-refractivity contribution in [2.45, 2.75) is 87.7 Å². The Labute approximate surface area is 187 Å². The largest absolute Gasteiger partial charge is 0.391 e. The van der Waals surface area contributed by atoms with E-state index in [0.717, 1.165) is 17.7 Å². The third-order valence-electron chi connectivity index (χ3n) is 7.87. The zero-order valence-electron chi connectivity index (χ0n) is 18.5. The molecule has 7 nitrogen and oxygen atoms in total. The summed E-state index contributed by atoms with van der Waals surface area (Å²) in [6.45, 7) is 2.03. The molecule has 0 spiro atoms. The van der Waals surface area contributed by atoms with Crippen molar-refractivity contribution >= 4 is 22.0 Å². The van der Waals surface area contributed by atoms with Crippen molar-refractivity contribution in [1.29, 1.82) is 0 Å². The van der Waals surface area contributed by atoms with Gasteiger partial charge in [0.25, 0.3) is 0 Å². The molecule has 1 aliphatic heterocycles. The average Bonchev–Trinajstić information content (AvgIpc) is 3.44. The number of halogens is 3. The molecule has 3 aliphatic carbocycles. The number of rotatable bonds is 5. The van der Waals surface area contributed by atoms with Crippen LogP contribution in [-0.4, -0.2) is 66.8 Å². The Kier molecular flexibility index (Phi) is 6.05. The molecule has 0 bridgehead atoms. The van der Waals surface area contributed by atoms with Gasteiger partial charge in [-0.3, -0.25) is 9.69 Å². The third-order valence-corrected chi connectivity index (χ3v) is 9.96. The summed E-state index contributed by atoms with van der Waals surface area (Å²) < 4.78 is 68.2. The Bertz CT molecular complexity index is 874. The van der Waals surface area contributed by atoms with Crippen LogP contribution in [0.25, 0.3) is 0 Å². The van der Waals surface area contributed by atoms with Gasteiger partial charge < -0.3 is 4.90 Å². The number of carbonyl (C=O) groups excluding carboxylic acids is 2. The Morgan fingerprint density at radius 3 is 2.41 bits per heavy atom. The van der Waals surface area contributed by atoms with Gasteiger partial charge in [0.2, 0.25) is 15.9 Å². The maximum absolute atomic E-state index is 13.2. The molecule has 1 saturated heterocycles. The van der Waals surface area contributed by atoms with Gasteiger partial charge in [0.15, 0.2) is 0 Å². The monoisotopic (exact) mass is 479 g/mol. The molecular formula is C21H32F3N3O4S. The van der Waals surface area contributed by atoms with E-state index in [1.54, 1.807) is 4.90 Å². The average molecular weight is 480 g/mol. The van der Waals surface area contributed by atoms with E-state index in [0.29, 0.717) is 25.7 Å². The molecule has 1 N–H and O–H groups in total. The van der Waals surface area contributed by atoms with E-state index in [9.17, 15) is 31.2 Å². The zero-order valence-corrected chi connectivity index (χ0v) is 19.3. The van der Waals surface area contributed by atoms with Crippen LogP contribution in [0.4, 0.5) is 18.0 Å². The Balaban J connectivity index is 1.48. The van der Waals surface area contributed by atoms with Crippen LogP contribution in [0.5, 0.6) is 0 Å². The normalized spacial score (nSPS) is 35.6. The molecule has 3 amide bonds. The van der Waals surface area contributed by atoms with Crippen molar-refractivity contribution in [2.75, 3.05) is 13.6 Å².